The van der Waals surface area contributed by atoms with E-state index in [1.54, 1.807) is 10.4 Å². The lowest BCUT2D eigenvalue weighted by atomic mass is 9.78. The van der Waals surface area contributed by atoms with Crippen LogP contribution in [0.2, 0.25) is 0 Å². The molecule has 2 aromatic rings. The molecule has 7 nitrogen and oxygen atoms in total. The maximum Gasteiger partial charge on any atom is 0.243 e. The number of ether oxygens (including phenoxy) is 2. The van der Waals surface area contributed by atoms with Gasteiger partial charge in [0.05, 0.1) is 9.79 Å². The highest BCUT2D eigenvalue weighted by Gasteiger charge is 2.38. The highest BCUT2D eigenvalue weighted by Crippen LogP contribution is 2.38. The van der Waals surface area contributed by atoms with Crippen molar-refractivity contribution in [1.29, 1.82) is 0 Å². The zero-order valence-corrected chi connectivity index (χ0v) is 20.2. The largest absolute Gasteiger partial charge is 0.454 e. The molecule has 2 aromatic carbocycles. The third-order valence-corrected chi connectivity index (χ3v) is 9.68. The van der Waals surface area contributed by atoms with Gasteiger partial charge in [-0.25, -0.2) is 16.8 Å². The fourth-order valence-electron chi connectivity index (χ4n) is 4.55. The van der Waals surface area contributed by atoms with Crippen LogP contribution in [-0.2, 0) is 26.4 Å². The quantitative estimate of drug-likeness (QED) is 0.625. The average molecular weight is 480 g/mol. The van der Waals surface area contributed by atoms with Gasteiger partial charge in [0.25, 0.3) is 0 Å². The first-order valence-electron chi connectivity index (χ1n) is 10.8. The van der Waals surface area contributed by atoms with E-state index in [0.29, 0.717) is 17.4 Å². The predicted octanol–water partition coefficient (Wildman–Crippen LogP) is 3.83. The van der Waals surface area contributed by atoms with E-state index in [9.17, 15) is 16.8 Å². The lowest BCUT2D eigenvalue weighted by Gasteiger charge is -2.41. The predicted molar refractivity (Wildman–Crippen MR) is 121 cm³/mol. The molecule has 1 fully saturated rings. The normalized spacial score (nSPS) is 23.4. The van der Waals surface area contributed by atoms with Crippen molar-refractivity contribution in [2.24, 2.45) is 11.8 Å². The van der Waals surface area contributed by atoms with Crippen molar-refractivity contribution in [1.82, 2.24) is 4.31 Å². The molecule has 1 aliphatic carbocycles. The standard InChI is InChI=1S/C23H29NO6S2/c1-16-5-4-6-21(17(16)2)24(14-18-7-12-22-23(13-18)30-15-29-22)32(27,28)20-10-8-19(9-11-20)31(3,25)26/h7-13,16-17,21H,4-6,14-15H2,1-3H3/t16-,17+,21+/m1/s1. The fraction of sp³-hybridized carbons (Fsp3) is 0.478. The third kappa shape index (κ3) is 4.51. The molecule has 0 bridgehead atoms. The highest BCUT2D eigenvalue weighted by molar-refractivity contribution is 7.90. The summed E-state index contributed by atoms with van der Waals surface area (Å²) in [5.74, 6) is 1.88. The van der Waals surface area contributed by atoms with Gasteiger partial charge in [0.1, 0.15) is 0 Å². The molecule has 0 saturated heterocycles. The van der Waals surface area contributed by atoms with Crippen LogP contribution >= 0.6 is 0 Å². The second-order valence-corrected chi connectivity index (χ2v) is 12.7. The smallest absolute Gasteiger partial charge is 0.243 e. The lowest BCUT2D eigenvalue weighted by molar-refractivity contribution is 0.138. The van der Waals surface area contributed by atoms with E-state index in [2.05, 4.69) is 13.8 Å². The van der Waals surface area contributed by atoms with E-state index in [4.69, 9.17) is 9.47 Å². The van der Waals surface area contributed by atoms with E-state index >= 15 is 0 Å². The van der Waals surface area contributed by atoms with Crippen LogP contribution in [-0.4, -0.2) is 40.2 Å². The molecule has 0 aromatic heterocycles. The molecule has 3 atom stereocenters. The minimum atomic E-state index is -3.87. The number of sulfone groups is 1. The maximum atomic E-state index is 13.8. The Labute approximate surface area is 190 Å². The van der Waals surface area contributed by atoms with E-state index in [1.807, 2.05) is 12.1 Å². The molecule has 0 amide bonds. The summed E-state index contributed by atoms with van der Waals surface area (Å²) >= 11 is 0. The first kappa shape index (κ1) is 23.1. The van der Waals surface area contributed by atoms with E-state index in [0.717, 1.165) is 31.1 Å². The Morgan fingerprint density at radius 1 is 0.906 bits per heavy atom. The Balaban J connectivity index is 1.72. The zero-order chi connectivity index (χ0) is 23.1. The fourth-order valence-corrected chi connectivity index (χ4v) is 6.91. The first-order chi connectivity index (χ1) is 15.1. The molecule has 2 aliphatic rings. The van der Waals surface area contributed by atoms with Crippen molar-refractivity contribution in [2.75, 3.05) is 13.0 Å². The van der Waals surface area contributed by atoms with Crippen LogP contribution < -0.4 is 9.47 Å². The number of benzene rings is 2. The van der Waals surface area contributed by atoms with E-state index < -0.39 is 19.9 Å². The molecule has 4 rings (SSSR count). The van der Waals surface area contributed by atoms with Gasteiger partial charge in [0, 0.05) is 18.8 Å². The van der Waals surface area contributed by atoms with Gasteiger partial charge in [0.2, 0.25) is 16.8 Å². The van der Waals surface area contributed by atoms with Gasteiger partial charge in [-0.2, -0.15) is 4.31 Å². The summed E-state index contributed by atoms with van der Waals surface area (Å²) < 4.78 is 63.7. The Hall–Kier alpha value is -2.10. The number of hydrogen-bond donors (Lipinski definition) is 0. The van der Waals surface area contributed by atoms with Crippen molar-refractivity contribution in [2.45, 2.75) is 55.5 Å². The SMILES string of the molecule is C[C@H]1[C@H](C)CCC[C@@H]1N(Cc1ccc2c(c1)OCO2)S(=O)(=O)c1ccc(S(C)(=O)=O)cc1. The van der Waals surface area contributed by atoms with Crippen molar-refractivity contribution in [3.05, 3.63) is 48.0 Å². The van der Waals surface area contributed by atoms with Crippen LogP contribution in [0.5, 0.6) is 11.5 Å². The Bertz CT molecular complexity index is 1190. The van der Waals surface area contributed by atoms with Crippen molar-refractivity contribution < 1.29 is 26.3 Å². The molecule has 0 N–H and O–H groups in total. The molecule has 0 spiro atoms. The van der Waals surface area contributed by atoms with Crippen LogP contribution in [0.15, 0.2) is 52.3 Å². The lowest BCUT2D eigenvalue weighted by Crippen LogP contribution is -2.46. The minimum absolute atomic E-state index is 0.0936. The summed E-state index contributed by atoms with van der Waals surface area (Å²) in [5.41, 5.74) is 0.816. The summed E-state index contributed by atoms with van der Waals surface area (Å²) in [4.78, 5) is 0.189. The van der Waals surface area contributed by atoms with Gasteiger partial charge in [-0.15, -0.1) is 0 Å². The molecule has 32 heavy (non-hydrogen) atoms. The average Bonchev–Trinajstić information content (AvgIpc) is 3.21. The summed E-state index contributed by atoms with van der Waals surface area (Å²) in [6, 6.07) is 10.8. The van der Waals surface area contributed by atoms with Crippen LogP contribution in [0.4, 0.5) is 0 Å². The Morgan fingerprint density at radius 3 is 2.25 bits per heavy atom. The second kappa shape index (κ2) is 8.68. The van der Waals surface area contributed by atoms with Crippen LogP contribution in [0, 0.1) is 11.8 Å². The molecule has 9 heteroatoms. The van der Waals surface area contributed by atoms with Gasteiger partial charge in [-0.3, -0.25) is 0 Å². The molecule has 1 saturated carbocycles. The number of nitrogens with zero attached hydrogens (tertiary/aromatic N) is 1. The summed E-state index contributed by atoms with van der Waals surface area (Å²) in [7, 11) is -7.28. The van der Waals surface area contributed by atoms with E-state index in [-0.39, 0.29) is 35.1 Å². The van der Waals surface area contributed by atoms with Crippen LogP contribution in [0.25, 0.3) is 0 Å². The molecular weight excluding hydrogens is 450 g/mol. The molecule has 1 aliphatic heterocycles. The van der Waals surface area contributed by atoms with Gasteiger partial charge >= 0.3 is 0 Å². The third-order valence-electron chi connectivity index (χ3n) is 6.67. The summed E-state index contributed by atoms with van der Waals surface area (Å²) in [5, 5.41) is 0. The number of hydrogen-bond acceptors (Lipinski definition) is 6. The van der Waals surface area contributed by atoms with Crippen molar-refractivity contribution in [3.8, 4) is 11.5 Å². The van der Waals surface area contributed by atoms with Gasteiger partial charge in [-0.05, 0) is 60.2 Å². The zero-order valence-electron chi connectivity index (χ0n) is 18.5. The van der Waals surface area contributed by atoms with Gasteiger partial charge < -0.3 is 9.47 Å². The molecular formula is C23H29NO6S2. The molecule has 0 unspecified atom stereocenters. The Kier molecular flexibility index (Phi) is 6.26. The van der Waals surface area contributed by atoms with E-state index in [1.165, 1.54) is 24.3 Å². The Morgan fingerprint density at radius 2 is 1.56 bits per heavy atom. The molecule has 0 radical (unpaired) electrons. The maximum absolute atomic E-state index is 13.8. The number of rotatable bonds is 6. The topological polar surface area (TPSA) is 90.0 Å². The van der Waals surface area contributed by atoms with Crippen LogP contribution in [0.1, 0.15) is 38.7 Å². The number of fused-ring (bicyclic) bond motifs is 1. The summed E-state index contributed by atoms with van der Waals surface area (Å²) in [6.07, 6.45) is 3.94. The molecule has 1 heterocycles. The van der Waals surface area contributed by atoms with Gasteiger partial charge in [-0.1, -0.05) is 32.8 Å². The number of sulfonamides is 1. The van der Waals surface area contributed by atoms with Crippen LogP contribution in [0.3, 0.4) is 0 Å². The second-order valence-electron chi connectivity index (χ2n) is 8.82. The van der Waals surface area contributed by atoms with Crippen molar-refractivity contribution >= 4 is 19.9 Å². The first-order valence-corrected chi connectivity index (χ1v) is 14.1. The highest BCUT2D eigenvalue weighted by atomic mass is 32.2. The molecule has 174 valence electrons. The van der Waals surface area contributed by atoms with Gasteiger partial charge in [0.15, 0.2) is 21.3 Å². The minimum Gasteiger partial charge on any atom is -0.454 e. The summed E-state index contributed by atoms with van der Waals surface area (Å²) in [6.45, 7) is 4.64. The monoisotopic (exact) mass is 479 g/mol. The van der Waals surface area contributed by atoms with Crippen molar-refractivity contribution in [3.63, 3.8) is 0 Å².